The van der Waals surface area contributed by atoms with Crippen LogP contribution < -0.4 is 10.6 Å². The molecule has 1 saturated heterocycles. The van der Waals surface area contributed by atoms with Crippen molar-refractivity contribution in [1.29, 1.82) is 0 Å². The van der Waals surface area contributed by atoms with Gasteiger partial charge in [-0.05, 0) is 18.8 Å². The van der Waals surface area contributed by atoms with Crippen LogP contribution in [0.1, 0.15) is 46.0 Å². The van der Waals surface area contributed by atoms with Gasteiger partial charge in [-0.15, -0.1) is 11.8 Å². The number of nitrogens with one attached hydrogen (secondary N) is 2. The Labute approximate surface area is 115 Å². The minimum absolute atomic E-state index is 0.0241. The van der Waals surface area contributed by atoms with Gasteiger partial charge >= 0.3 is 0 Å². The van der Waals surface area contributed by atoms with E-state index in [0.29, 0.717) is 12.0 Å². The molecule has 3 atom stereocenters. The Balaban J connectivity index is 1.78. The van der Waals surface area contributed by atoms with Crippen LogP contribution in [0.25, 0.3) is 0 Å². The third-order valence-corrected chi connectivity index (χ3v) is 5.52. The van der Waals surface area contributed by atoms with Gasteiger partial charge in [0.05, 0.1) is 6.04 Å². The second-order valence-electron chi connectivity index (χ2n) is 5.83. The minimum atomic E-state index is 0.0241. The van der Waals surface area contributed by atoms with Gasteiger partial charge in [0.15, 0.2) is 0 Å². The molecule has 4 heteroatoms. The molecule has 3 nitrogen and oxygen atoms in total. The average Bonchev–Trinajstić information content (AvgIpc) is 2.92. The molecule has 0 spiro atoms. The van der Waals surface area contributed by atoms with E-state index in [1.165, 1.54) is 32.1 Å². The number of carbonyl (C=O) groups is 1. The Kier molecular flexibility index (Phi) is 5.37. The molecule has 1 heterocycles. The maximum atomic E-state index is 12.1. The van der Waals surface area contributed by atoms with Crippen LogP contribution in [0.3, 0.4) is 0 Å². The summed E-state index contributed by atoms with van der Waals surface area (Å²) in [7, 11) is 0. The molecule has 2 fully saturated rings. The van der Waals surface area contributed by atoms with Crippen molar-refractivity contribution in [2.75, 3.05) is 11.6 Å². The Morgan fingerprint density at radius 3 is 2.61 bits per heavy atom. The van der Waals surface area contributed by atoms with Crippen LogP contribution in [0.5, 0.6) is 0 Å². The van der Waals surface area contributed by atoms with Gasteiger partial charge in [-0.2, -0.15) is 0 Å². The molecule has 1 amide bonds. The van der Waals surface area contributed by atoms with Crippen molar-refractivity contribution in [1.82, 2.24) is 10.6 Å². The maximum Gasteiger partial charge on any atom is 0.238 e. The van der Waals surface area contributed by atoms with E-state index >= 15 is 0 Å². The summed E-state index contributed by atoms with van der Waals surface area (Å²) in [4.78, 5) is 12.1. The van der Waals surface area contributed by atoms with Gasteiger partial charge in [0.1, 0.15) is 0 Å². The normalized spacial score (nSPS) is 28.9. The van der Waals surface area contributed by atoms with E-state index in [2.05, 4.69) is 24.5 Å². The predicted molar refractivity (Wildman–Crippen MR) is 77.6 cm³/mol. The Morgan fingerprint density at radius 2 is 2.00 bits per heavy atom. The van der Waals surface area contributed by atoms with E-state index in [0.717, 1.165) is 17.5 Å². The quantitative estimate of drug-likeness (QED) is 0.824. The molecule has 1 aliphatic carbocycles. The molecule has 104 valence electrons. The number of hydrogen-bond acceptors (Lipinski definition) is 3. The predicted octanol–water partition coefficient (Wildman–Crippen LogP) is 2.37. The monoisotopic (exact) mass is 270 g/mol. The molecule has 1 saturated carbocycles. The van der Waals surface area contributed by atoms with E-state index in [1.54, 1.807) is 11.8 Å². The van der Waals surface area contributed by atoms with Crippen molar-refractivity contribution >= 4 is 17.7 Å². The van der Waals surface area contributed by atoms with Gasteiger partial charge in [-0.3, -0.25) is 10.1 Å². The topological polar surface area (TPSA) is 41.1 Å². The van der Waals surface area contributed by atoms with Crippen LogP contribution in [0.4, 0.5) is 0 Å². The average molecular weight is 270 g/mol. The summed E-state index contributed by atoms with van der Waals surface area (Å²) in [6, 6.07) is 0.323. The first-order valence-corrected chi connectivity index (χ1v) is 8.45. The van der Waals surface area contributed by atoms with Gasteiger partial charge in [0.2, 0.25) is 5.91 Å². The molecule has 1 aliphatic heterocycles. The van der Waals surface area contributed by atoms with Gasteiger partial charge in [-0.1, -0.05) is 39.0 Å². The molecule has 0 aromatic rings. The zero-order valence-electron chi connectivity index (χ0n) is 11.6. The van der Waals surface area contributed by atoms with Crippen molar-refractivity contribution in [2.45, 2.75) is 58.0 Å². The van der Waals surface area contributed by atoms with Crippen molar-refractivity contribution in [2.24, 2.45) is 11.8 Å². The second-order valence-corrected chi connectivity index (χ2v) is 6.86. The van der Waals surface area contributed by atoms with E-state index in [1.807, 2.05) is 0 Å². The molecule has 18 heavy (non-hydrogen) atoms. The fraction of sp³-hybridized carbons (Fsp3) is 0.929. The van der Waals surface area contributed by atoms with E-state index in [9.17, 15) is 4.79 Å². The summed E-state index contributed by atoms with van der Waals surface area (Å²) in [6.07, 6.45) is 6.83. The standard InChI is InChI=1S/C14H26N2OS/c1-10(12-6-4-3-5-7-12)11(2)16-14(17)13-8-18-9-15-13/h10-13,15H,3-9H2,1-2H3,(H,16,17). The van der Waals surface area contributed by atoms with E-state index in [-0.39, 0.29) is 11.9 Å². The molecule has 3 unspecified atom stereocenters. The minimum Gasteiger partial charge on any atom is -0.352 e. The highest BCUT2D eigenvalue weighted by molar-refractivity contribution is 7.99. The summed E-state index contributed by atoms with van der Waals surface area (Å²) in [5.74, 6) is 3.42. The lowest BCUT2D eigenvalue weighted by atomic mass is 9.78. The Bertz CT molecular complexity index is 273. The second kappa shape index (κ2) is 6.80. The lowest BCUT2D eigenvalue weighted by Gasteiger charge is -2.32. The number of amides is 1. The van der Waals surface area contributed by atoms with Gasteiger partial charge in [0, 0.05) is 17.7 Å². The van der Waals surface area contributed by atoms with Gasteiger partial charge in [-0.25, -0.2) is 0 Å². The van der Waals surface area contributed by atoms with Crippen LogP contribution in [0, 0.1) is 11.8 Å². The molecular weight excluding hydrogens is 244 g/mol. The zero-order valence-corrected chi connectivity index (χ0v) is 12.4. The number of hydrogen-bond donors (Lipinski definition) is 2. The molecule has 0 radical (unpaired) electrons. The Hall–Kier alpha value is -0.220. The lowest BCUT2D eigenvalue weighted by molar-refractivity contribution is -0.123. The SMILES string of the molecule is CC(NC(=O)C1CSCN1)C(C)C1CCCCC1. The fourth-order valence-corrected chi connectivity index (χ4v) is 4.03. The lowest BCUT2D eigenvalue weighted by Crippen LogP contribution is -2.48. The summed E-state index contributed by atoms with van der Waals surface area (Å²) in [5, 5.41) is 6.44. The van der Waals surface area contributed by atoms with Crippen LogP contribution in [0.15, 0.2) is 0 Å². The van der Waals surface area contributed by atoms with Gasteiger partial charge < -0.3 is 5.32 Å². The first kappa shape index (κ1) is 14.2. The summed E-state index contributed by atoms with van der Waals surface area (Å²) >= 11 is 1.80. The largest absolute Gasteiger partial charge is 0.352 e. The van der Waals surface area contributed by atoms with Crippen molar-refractivity contribution < 1.29 is 4.79 Å². The molecule has 2 aliphatic rings. The van der Waals surface area contributed by atoms with Gasteiger partial charge in [0.25, 0.3) is 0 Å². The van der Waals surface area contributed by atoms with E-state index in [4.69, 9.17) is 0 Å². The molecule has 0 bridgehead atoms. The smallest absolute Gasteiger partial charge is 0.238 e. The van der Waals surface area contributed by atoms with Crippen molar-refractivity contribution in [3.8, 4) is 0 Å². The first-order chi connectivity index (χ1) is 8.68. The highest BCUT2D eigenvalue weighted by atomic mass is 32.2. The third kappa shape index (κ3) is 3.64. The van der Waals surface area contributed by atoms with Crippen LogP contribution in [-0.2, 0) is 4.79 Å². The van der Waals surface area contributed by atoms with Crippen LogP contribution in [0.2, 0.25) is 0 Å². The van der Waals surface area contributed by atoms with Crippen LogP contribution >= 0.6 is 11.8 Å². The molecule has 0 aromatic carbocycles. The summed E-state index contributed by atoms with van der Waals surface area (Å²) < 4.78 is 0. The Morgan fingerprint density at radius 1 is 1.28 bits per heavy atom. The van der Waals surface area contributed by atoms with Crippen LogP contribution in [-0.4, -0.2) is 29.6 Å². The molecule has 2 rings (SSSR count). The summed E-state index contributed by atoms with van der Waals surface area (Å²) in [6.45, 7) is 4.47. The highest BCUT2D eigenvalue weighted by Crippen LogP contribution is 2.31. The van der Waals surface area contributed by atoms with E-state index < -0.39 is 0 Å². The number of rotatable bonds is 4. The molecule has 2 N–H and O–H groups in total. The zero-order chi connectivity index (χ0) is 13.0. The molecular formula is C14H26N2OS. The third-order valence-electron chi connectivity index (χ3n) is 4.58. The van der Waals surface area contributed by atoms with Crippen molar-refractivity contribution in [3.05, 3.63) is 0 Å². The van der Waals surface area contributed by atoms with Crippen molar-refractivity contribution in [3.63, 3.8) is 0 Å². The summed E-state index contributed by atoms with van der Waals surface area (Å²) in [5.41, 5.74) is 0. The molecule has 0 aromatic heterocycles. The maximum absolute atomic E-state index is 12.1. The number of carbonyl (C=O) groups excluding carboxylic acids is 1. The fourth-order valence-electron chi connectivity index (χ4n) is 3.09. The first-order valence-electron chi connectivity index (χ1n) is 7.30. The number of thioether (sulfide) groups is 1. The highest BCUT2D eigenvalue weighted by Gasteiger charge is 2.28.